The summed E-state index contributed by atoms with van der Waals surface area (Å²) in [5.74, 6) is 0.946. The molecule has 1 N–H and O–H groups in total. The molecule has 1 heterocycles. The molecule has 0 aliphatic carbocycles. The van der Waals surface area contributed by atoms with E-state index in [9.17, 15) is 0 Å². The molecule has 1 aliphatic rings. The molecule has 0 saturated carbocycles. The van der Waals surface area contributed by atoms with E-state index in [0.717, 1.165) is 36.2 Å². The largest absolute Gasteiger partial charge is 0.486 e. The summed E-state index contributed by atoms with van der Waals surface area (Å²) in [6, 6.07) is 8.03. The highest BCUT2D eigenvalue weighted by Crippen LogP contribution is 2.31. The molecule has 0 radical (unpaired) electrons. The Morgan fingerprint density at radius 2 is 1.93 bits per heavy atom. The van der Waals surface area contributed by atoms with Crippen LogP contribution in [0.2, 0.25) is 0 Å². The molecule has 1 aliphatic heterocycles. The van der Waals surface area contributed by atoms with Crippen LogP contribution in [0.15, 0.2) is 28.7 Å². The van der Waals surface area contributed by atoms with Crippen molar-refractivity contribution < 1.29 is 4.74 Å². The van der Waals surface area contributed by atoms with E-state index >= 15 is 0 Å². The van der Waals surface area contributed by atoms with Gasteiger partial charge in [0, 0.05) is 0 Å². The van der Waals surface area contributed by atoms with Crippen LogP contribution in [-0.2, 0) is 0 Å². The number of hydrogen-bond acceptors (Lipinski definition) is 2. The fourth-order valence-corrected chi connectivity index (χ4v) is 2.22. The average molecular weight is 270 g/mol. The van der Waals surface area contributed by atoms with E-state index in [1.807, 2.05) is 24.3 Å². The lowest BCUT2D eigenvalue weighted by Crippen LogP contribution is -2.43. The highest BCUT2D eigenvalue weighted by Gasteiger charge is 2.29. The van der Waals surface area contributed by atoms with Gasteiger partial charge in [0.25, 0.3) is 0 Å². The Morgan fingerprint density at radius 1 is 1.27 bits per heavy atom. The second-order valence-electron chi connectivity index (χ2n) is 4.23. The fraction of sp³-hybridized carbons (Fsp3) is 0.500. The van der Waals surface area contributed by atoms with Crippen LogP contribution in [-0.4, -0.2) is 18.7 Å². The second kappa shape index (κ2) is 4.54. The van der Waals surface area contributed by atoms with Crippen molar-refractivity contribution >= 4 is 15.9 Å². The van der Waals surface area contributed by atoms with Gasteiger partial charge in [0.2, 0.25) is 0 Å². The van der Waals surface area contributed by atoms with Crippen LogP contribution in [0, 0.1) is 0 Å². The van der Waals surface area contributed by atoms with E-state index in [2.05, 4.69) is 28.2 Å². The first-order valence-electron chi connectivity index (χ1n) is 5.34. The summed E-state index contributed by atoms with van der Waals surface area (Å²) in [6.07, 6.45) is 2.13. The van der Waals surface area contributed by atoms with Gasteiger partial charge in [0.15, 0.2) is 0 Å². The minimum atomic E-state index is -0.0187. The lowest BCUT2D eigenvalue weighted by molar-refractivity contribution is 0.0548. The van der Waals surface area contributed by atoms with Crippen LogP contribution >= 0.6 is 15.9 Å². The number of benzene rings is 1. The molecular weight excluding hydrogens is 254 g/mol. The molecule has 1 aromatic carbocycles. The molecule has 0 bridgehead atoms. The van der Waals surface area contributed by atoms with Crippen molar-refractivity contribution in [3.05, 3.63) is 28.7 Å². The van der Waals surface area contributed by atoms with Gasteiger partial charge in [0.1, 0.15) is 11.4 Å². The van der Waals surface area contributed by atoms with Gasteiger partial charge in [-0.25, -0.2) is 0 Å². The average Bonchev–Trinajstić information content (AvgIpc) is 2.22. The van der Waals surface area contributed by atoms with Crippen LogP contribution < -0.4 is 10.1 Å². The topological polar surface area (TPSA) is 21.3 Å². The van der Waals surface area contributed by atoms with Crippen molar-refractivity contribution in [2.75, 3.05) is 13.1 Å². The van der Waals surface area contributed by atoms with Crippen molar-refractivity contribution in [2.45, 2.75) is 25.4 Å². The van der Waals surface area contributed by atoms with Crippen molar-refractivity contribution in [3.8, 4) is 5.75 Å². The number of ether oxygens (including phenoxy) is 1. The summed E-state index contributed by atoms with van der Waals surface area (Å²) in [6.45, 7) is 4.27. The third-order valence-corrected chi connectivity index (χ3v) is 3.51. The molecule has 82 valence electrons. The zero-order valence-corrected chi connectivity index (χ0v) is 10.5. The Bertz CT molecular complexity index is 334. The number of nitrogens with one attached hydrogen (secondary N) is 1. The summed E-state index contributed by atoms with van der Waals surface area (Å²) in [7, 11) is 0. The minimum absolute atomic E-state index is 0.0187. The highest BCUT2D eigenvalue weighted by atomic mass is 79.9. The zero-order valence-electron chi connectivity index (χ0n) is 8.92. The fourth-order valence-electron chi connectivity index (χ4n) is 1.85. The number of rotatable bonds is 2. The van der Waals surface area contributed by atoms with Crippen molar-refractivity contribution in [1.82, 2.24) is 5.32 Å². The Labute approximate surface area is 99.1 Å². The van der Waals surface area contributed by atoms with Gasteiger partial charge in [-0.15, -0.1) is 0 Å². The number of piperidine rings is 1. The number of para-hydroxylation sites is 1. The van der Waals surface area contributed by atoms with Crippen LogP contribution in [0.4, 0.5) is 0 Å². The molecule has 1 saturated heterocycles. The van der Waals surface area contributed by atoms with E-state index in [4.69, 9.17) is 4.74 Å². The monoisotopic (exact) mass is 269 g/mol. The molecule has 3 heteroatoms. The van der Waals surface area contributed by atoms with E-state index in [1.165, 1.54) is 0 Å². The molecule has 2 nitrogen and oxygen atoms in total. The summed E-state index contributed by atoms with van der Waals surface area (Å²) in [4.78, 5) is 0. The molecule has 15 heavy (non-hydrogen) atoms. The molecule has 1 fully saturated rings. The predicted octanol–water partition coefficient (Wildman–Crippen LogP) is 2.97. The molecule has 0 unspecified atom stereocenters. The Morgan fingerprint density at radius 3 is 2.60 bits per heavy atom. The van der Waals surface area contributed by atoms with Gasteiger partial charge in [-0.1, -0.05) is 12.1 Å². The van der Waals surface area contributed by atoms with E-state index in [0.29, 0.717) is 0 Å². The van der Waals surface area contributed by atoms with Gasteiger partial charge >= 0.3 is 0 Å². The van der Waals surface area contributed by atoms with Crippen molar-refractivity contribution in [1.29, 1.82) is 0 Å². The maximum absolute atomic E-state index is 6.09. The highest BCUT2D eigenvalue weighted by molar-refractivity contribution is 9.10. The quantitative estimate of drug-likeness (QED) is 0.892. The maximum atomic E-state index is 6.09. The number of halogens is 1. The lowest BCUT2D eigenvalue weighted by atomic mass is 9.94. The summed E-state index contributed by atoms with van der Waals surface area (Å²) < 4.78 is 7.12. The van der Waals surface area contributed by atoms with Crippen molar-refractivity contribution in [2.24, 2.45) is 0 Å². The Balaban J connectivity index is 2.10. The third kappa shape index (κ3) is 2.73. The molecule has 0 aromatic heterocycles. The van der Waals surface area contributed by atoms with Gasteiger partial charge in [-0.2, -0.15) is 0 Å². The standard InChI is InChI=1S/C12H16BrNO/c1-12(6-8-14-9-7-12)15-11-5-3-2-4-10(11)13/h2-5,14H,6-9H2,1H3. The smallest absolute Gasteiger partial charge is 0.134 e. The molecule has 0 atom stereocenters. The molecule has 0 spiro atoms. The summed E-state index contributed by atoms with van der Waals surface area (Å²) in [5, 5.41) is 3.35. The first-order valence-corrected chi connectivity index (χ1v) is 6.13. The predicted molar refractivity (Wildman–Crippen MR) is 65.3 cm³/mol. The van der Waals surface area contributed by atoms with Crippen LogP contribution in [0.25, 0.3) is 0 Å². The van der Waals surface area contributed by atoms with Gasteiger partial charge in [0.05, 0.1) is 4.47 Å². The summed E-state index contributed by atoms with van der Waals surface area (Å²) >= 11 is 3.51. The first-order chi connectivity index (χ1) is 7.20. The van der Waals surface area contributed by atoms with Gasteiger partial charge in [-0.3, -0.25) is 0 Å². The normalized spacial score (nSPS) is 19.9. The third-order valence-electron chi connectivity index (χ3n) is 2.85. The van der Waals surface area contributed by atoms with E-state index in [-0.39, 0.29) is 5.60 Å². The first kappa shape index (κ1) is 11.0. The SMILES string of the molecule is CC1(Oc2ccccc2Br)CCNCC1. The zero-order chi connectivity index (χ0) is 10.7. The maximum Gasteiger partial charge on any atom is 0.134 e. The minimum Gasteiger partial charge on any atom is -0.486 e. The molecule has 0 amide bonds. The van der Waals surface area contributed by atoms with Gasteiger partial charge in [-0.05, 0) is 60.9 Å². The number of hydrogen-bond donors (Lipinski definition) is 1. The summed E-state index contributed by atoms with van der Waals surface area (Å²) in [5.41, 5.74) is -0.0187. The van der Waals surface area contributed by atoms with Gasteiger partial charge < -0.3 is 10.1 Å². The van der Waals surface area contributed by atoms with Crippen LogP contribution in [0.1, 0.15) is 19.8 Å². The van der Waals surface area contributed by atoms with E-state index < -0.39 is 0 Å². The Hall–Kier alpha value is -0.540. The van der Waals surface area contributed by atoms with E-state index in [1.54, 1.807) is 0 Å². The molecular formula is C12H16BrNO. The molecule has 1 aromatic rings. The van der Waals surface area contributed by atoms with Crippen LogP contribution in [0.3, 0.4) is 0 Å². The lowest BCUT2D eigenvalue weighted by Gasteiger charge is -2.35. The Kier molecular flexibility index (Phi) is 3.32. The van der Waals surface area contributed by atoms with Crippen molar-refractivity contribution in [3.63, 3.8) is 0 Å². The second-order valence-corrected chi connectivity index (χ2v) is 5.09. The molecule has 2 rings (SSSR count). The van der Waals surface area contributed by atoms with Crippen LogP contribution in [0.5, 0.6) is 5.75 Å².